The first-order valence-corrected chi connectivity index (χ1v) is 13.7. The number of benzene rings is 2. The van der Waals surface area contributed by atoms with Gasteiger partial charge in [-0.2, -0.15) is 0 Å². The Balaban J connectivity index is 1.19. The molecule has 2 aromatic carbocycles. The Morgan fingerprint density at radius 3 is 2.45 bits per heavy atom. The average Bonchev–Trinajstić information content (AvgIpc) is 3.68. The predicted molar refractivity (Wildman–Crippen MR) is 144 cm³/mol. The van der Waals surface area contributed by atoms with E-state index in [1.54, 1.807) is 6.07 Å². The fourth-order valence-electron chi connectivity index (χ4n) is 5.48. The maximum atomic E-state index is 13.3. The minimum atomic E-state index is -0.118. The van der Waals surface area contributed by atoms with E-state index in [1.807, 2.05) is 17.0 Å². The number of rotatable bonds is 6. The average molecular weight is 514 g/mol. The molecule has 7 nitrogen and oxygen atoms in total. The van der Waals surface area contributed by atoms with E-state index in [4.69, 9.17) is 9.15 Å². The van der Waals surface area contributed by atoms with E-state index in [0.717, 1.165) is 55.8 Å². The molecule has 1 aliphatic carbocycles. The summed E-state index contributed by atoms with van der Waals surface area (Å²) in [5.74, 6) is 2.06. The lowest BCUT2D eigenvalue weighted by Gasteiger charge is -2.38. The zero-order chi connectivity index (χ0) is 26.2. The lowest BCUT2D eigenvalue weighted by molar-refractivity contribution is -0.134. The zero-order valence-corrected chi connectivity index (χ0v) is 22.2. The summed E-state index contributed by atoms with van der Waals surface area (Å²) in [6.45, 7) is 6.20. The van der Waals surface area contributed by atoms with Crippen molar-refractivity contribution in [2.75, 3.05) is 39.8 Å². The van der Waals surface area contributed by atoms with Crippen LogP contribution in [0.2, 0.25) is 0 Å². The number of hydrogen-bond acceptors (Lipinski definition) is 5. The predicted octanol–water partition coefficient (Wildman–Crippen LogP) is 4.44. The number of aryl methyl sites for hydroxylation is 1. The molecule has 7 heteroatoms. The van der Waals surface area contributed by atoms with E-state index in [-0.39, 0.29) is 30.4 Å². The SMILES string of the molecule is Cc1ccc(C2c3cc(OCc4ccc(C(=O)N5CCN(C)CC5)o4)ccc3CCN2C(=O)C2CC2)cc1. The van der Waals surface area contributed by atoms with Gasteiger partial charge in [-0.1, -0.05) is 35.9 Å². The molecule has 1 unspecified atom stereocenters. The quantitative estimate of drug-likeness (QED) is 0.488. The van der Waals surface area contributed by atoms with Gasteiger partial charge in [0.05, 0.1) is 6.04 Å². The normalized spacial score (nSPS) is 19.8. The summed E-state index contributed by atoms with van der Waals surface area (Å²) in [5.41, 5.74) is 4.70. The third-order valence-corrected chi connectivity index (χ3v) is 7.99. The van der Waals surface area contributed by atoms with Crippen LogP contribution in [0.1, 0.15) is 57.5 Å². The van der Waals surface area contributed by atoms with Crippen molar-refractivity contribution in [1.29, 1.82) is 0 Å². The number of carbonyl (C=O) groups excluding carboxylic acids is 2. The van der Waals surface area contributed by atoms with Crippen LogP contribution in [-0.4, -0.2) is 66.3 Å². The van der Waals surface area contributed by atoms with E-state index in [2.05, 4.69) is 60.2 Å². The van der Waals surface area contributed by atoms with Crippen molar-refractivity contribution in [1.82, 2.24) is 14.7 Å². The van der Waals surface area contributed by atoms with Crippen molar-refractivity contribution < 1.29 is 18.7 Å². The monoisotopic (exact) mass is 513 g/mol. The molecule has 1 saturated carbocycles. The molecule has 198 valence electrons. The second-order valence-electron chi connectivity index (χ2n) is 10.9. The highest BCUT2D eigenvalue weighted by Crippen LogP contribution is 2.41. The Kier molecular flexibility index (Phi) is 6.70. The highest BCUT2D eigenvalue weighted by Gasteiger charge is 2.39. The van der Waals surface area contributed by atoms with Gasteiger partial charge in [0.2, 0.25) is 5.91 Å². The van der Waals surface area contributed by atoms with Crippen molar-refractivity contribution in [2.45, 2.75) is 38.8 Å². The van der Waals surface area contributed by atoms with Crippen LogP contribution < -0.4 is 4.74 Å². The fourth-order valence-corrected chi connectivity index (χ4v) is 5.48. The van der Waals surface area contributed by atoms with E-state index < -0.39 is 0 Å². The molecule has 6 rings (SSSR count). The van der Waals surface area contributed by atoms with Crippen LogP contribution in [0.5, 0.6) is 5.75 Å². The van der Waals surface area contributed by atoms with E-state index >= 15 is 0 Å². The van der Waals surface area contributed by atoms with Gasteiger partial charge in [0.1, 0.15) is 18.1 Å². The minimum Gasteiger partial charge on any atom is -0.486 e. The van der Waals surface area contributed by atoms with Crippen molar-refractivity contribution in [2.24, 2.45) is 5.92 Å². The Bertz CT molecular complexity index is 1320. The summed E-state index contributed by atoms with van der Waals surface area (Å²) in [6, 6.07) is 18.1. The Labute approximate surface area is 224 Å². The van der Waals surface area contributed by atoms with Gasteiger partial charge in [0.25, 0.3) is 5.91 Å². The van der Waals surface area contributed by atoms with Crippen LogP contribution in [0.3, 0.4) is 0 Å². The number of hydrogen-bond donors (Lipinski definition) is 0. The molecule has 3 aliphatic rings. The molecule has 3 heterocycles. The summed E-state index contributed by atoms with van der Waals surface area (Å²) >= 11 is 0. The lowest BCUT2D eigenvalue weighted by Crippen LogP contribution is -2.47. The number of likely N-dealkylation sites (N-methyl/N-ethyl adjacent to an activating group) is 1. The van der Waals surface area contributed by atoms with Crippen LogP contribution in [0.15, 0.2) is 59.0 Å². The summed E-state index contributed by atoms with van der Waals surface area (Å²) in [6.07, 6.45) is 2.83. The molecule has 1 aromatic heterocycles. The molecule has 38 heavy (non-hydrogen) atoms. The standard InChI is InChI=1S/C31H35N3O4/c1-21-3-5-23(6-4-21)29-27-19-25(10-9-22(27)13-14-34(29)30(35)24-7-8-24)37-20-26-11-12-28(38-26)31(36)33-17-15-32(2)16-18-33/h3-6,9-12,19,24,29H,7-8,13-18,20H2,1-2H3. The highest BCUT2D eigenvalue weighted by atomic mass is 16.5. The van der Waals surface area contributed by atoms with Crippen molar-refractivity contribution in [3.63, 3.8) is 0 Å². The minimum absolute atomic E-state index is 0.0699. The molecular formula is C31H35N3O4. The van der Waals surface area contributed by atoms with Gasteiger partial charge in [-0.15, -0.1) is 0 Å². The van der Waals surface area contributed by atoms with Crippen molar-refractivity contribution in [3.8, 4) is 5.75 Å². The van der Waals surface area contributed by atoms with Crippen LogP contribution in [-0.2, 0) is 17.8 Å². The molecule has 0 bridgehead atoms. The first-order valence-electron chi connectivity index (χ1n) is 13.7. The molecule has 2 fully saturated rings. The van der Waals surface area contributed by atoms with Crippen molar-refractivity contribution in [3.05, 3.63) is 88.4 Å². The van der Waals surface area contributed by atoms with E-state index in [0.29, 0.717) is 24.6 Å². The maximum Gasteiger partial charge on any atom is 0.289 e. The summed E-state index contributed by atoms with van der Waals surface area (Å²) in [5, 5.41) is 0. The number of amides is 2. The van der Waals surface area contributed by atoms with Crippen LogP contribution in [0.4, 0.5) is 0 Å². The summed E-state index contributed by atoms with van der Waals surface area (Å²) in [7, 11) is 2.07. The first kappa shape index (κ1) is 24.7. The Morgan fingerprint density at radius 2 is 1.71 bits per heavy atom. The molecule has 0 spiro atoms. The van der Waals surface area contributed by atoms with Gasteiger partial charge in [-0.25, -0.2) is 0 Å². The van der Waals surface area contributed by atoms with Gasteiger partial charge in [0, 0.05) is 38.6 Å². The van der Waals surface area contributed by atoms with Crippen LogP contribution in [0, 0.1) is 12.8 Å². The van der Waals surface area contributed by atoms with Crippen molar-refractivity contribution >= 4 is 11.8 Å². The highest BCUT2D eigenvalue weighted by molar-refractivity contribution is 5.91. The second kappa shape index (κ2) is 10.3. The van der Waals surface area contributed by atoms with Gasteiger partial charge >= 0.3 is 0 Å². The zero-order valence-electron chi connectivity index (χ0n) is 22.2. The van der Waals surface area contributed by atoms with Gasteiger partial charge in [-0.3, -0.25) is 9.59 Å². The molecule has 2 aliphatic heterocycles. The van der Waals surface area contributed by atoms with Gasteiger partial charge in [-0.05, 0) is 74.2 Å². The molecule has 3 aromatic rings. The fraction of sp³-hybridized carbons (Fsp3) is 0.419. The third kappa shape index (κ3) is 5.07. The number of furan rings is 1. The Hall–Kier alpha value is -3.58. The van der Waals surface area contributed by atoms with E-state index in [9.17, 15) is 9.59 Å². The molecular weight excluding hydrogens is 478 g/mol. The topological polar surface area (TPSA) is 66.2 Å². The lowest BCUT2D eigenvalue weighted by atomic mass is 9.87. The largest absolute Gasteiger partial charge is 0.486 e. The molecule has 1 saturated heterocycles. The smallest absolute Gasteiger partial charge is 0.289 e. The van der Waals surface area contributed by atoms with Gasteiger partial charge in [0.15, 0.2) is 5.76 Å². The summed E-state index contributed by atoms with van der Waals surface area (Å²) in [4.78, 5) is 32.2. The number of piperazine rings is 1. The Morgan fingerprint density at radius 1 is 0.947 bits per heavy atom. The number of carbonyl (C=O) groups is 2. The second-order valence-corrected chi connectivity index (χ2v) is 10.9. The van der Waals surface area contributed by atoms with Crippen LogP contribution >= 0.6 is 0 Å². The first-order chi connectivity index (χ1) is 18.5. The molecule has 0 N–H and O–H groups in total. The molecule has 2 amide bonds. The maximum absolute atomic E-state index is 13.3. The van der Waals surface area contributed by atoms with Crippen LogP contribution in [0.25, 0.3) is 0 Å². The van der Waals surface area contributed by atoms with Gasteiger partial charge < -0.3 is 23.9 Å². The third-order valence-electron chi connectivity index (χ3n) is 7.99. The molecule has 1 atom stereocenters. The molecule has 0 radical (unpaired) electrons. The number of fused-ring (bicyclic) bond motifs is 1. The van der Waals surface area contributed by atoms with E-state index in [1.165, 1.54) is 11.1 Å². The number of ether oxygens (including phenoxy) is 1. The number of nitrogens with zero attached hydrogens (tertiary/aromatic N) is 3. The summed E-state index contributed by atoms with van der Waals surface area (Å²) < 4.78 is 12.0.